The second kappa shape index (κ2) is 6.39. The molecule has 1 fully saturated rings. The number of aromatic nitrogens is 2. The molecule has 1 aliphatic heterocycles. The van der Waals surface area contributed by atoms with E-state index in [4.69, 9.17) is 0 Å². The second-order valence-corrected chi connectivity index (χ2v) is 6.74. The molecule has 1 aromatic rings. The smallest absolute Gasteiger partial charge is 0.198 e. The molecule has 0 spiro atoms. The van der Waals surface area contributed by atoms with Gasteiger partial charge in [0.1, 0.15) is 5.82 Å². The molecule has 5 heteroatoms. The van der Waals surface area contributed by atoms with Crippen molar-refractivity contribution in [1.82, 2.24) is 15.3 Å². The lowest BCUT2D eigenvalue weighted by Crippen LogP contribution is -2.30. The van der Waals surface area contributed by atoms with Crippen LogP contribution in [-0.2, 0) is 13.0 Å². The van der Waals surface area contributed by atoms with Gasteiger partial charge in [0.05, 0.1) is 5.69 Å². The lowest BCUT2D eigenvalue weighted by atomic mass is 10.0. The van der Waals surface area contributed by atoms with Gasteiger partial charge in [-0.1, -0.05) is 25.7 Å². The number of hydrogen-bond acceptors (Lipinski definition) is 4. The number of rotatable bonds is 4. The van der Waals surface area contributed by atoms with E-state index in [1.807, 2.05) is 0 Å². The molecular formula is C15H23BrN4. The van der Waals surface area contributed by atoms with Crippen molar-refractivity contribution >= 4 is 21.7 Å². The predicted octanol–water partition coefficient (Wildman–Crippen LogP) is 2.90. The highest BCUT2D eigenvalue weighted by Crippen LogP contribution is 2.29. The monoisotopic (exact) mass is 338 g/mol. The van der Waals surface area contributed by atoms with E-state index in [0.717, 1.165) is 42.5 Å². The minimum Gasteiger partial charge on any atom is -0.359 e. The molecule has 1 saturated carbocycles. The summed E-state index contributed by atoms with van der Waals surface area (Å²) in [6.07, 6.45) is 7.97. The minimum absolute atomic E-state index is 0.723. The van der Waals surface area contributed by atoms with E-state index >= 15 is 0 Å². The molecule has 0 bridgehead atoms. The Balaban J connectivity index is 1.72. The first-order valence-corrected chi connectivity index (χ1v) is 8.50. The maximum Gasteiger partial charge on any atom is 0.198 e. The molecule has 1 aromatic heterocycles. The Morgan fingerprint density at radius 3 is 2.90 bits per heavy atom. The summed E-state index contributed by atoms with van der Waals surface area (Å²) in [5.41, 5.74) is 2.49. The first-order chi connectivity index (χ1) is 9.74. The van der Waals surface area contributed by atoms with Crippen molar-refractivity contribution in [3.63, 3.8) is 0 Å². The Bertz CT molecular complexity index is 471. The average molecular weight is 339 g/mol. The summed E-state index contributed by atoms with van der Waals surface area (Å²) >= 11 is 3.46. The fourth-order valence-corrected chi connectivity index (χ4v) is 3.77. The second-order valence-electron chi connectivity index (χ2n) is 6.03. The number of nitrogens with one attached hydrogen (secondary N) is 1. The van der Waals surface area contributed by atoms with Crippen molar-refractivity contribution in [3.05, 3.63) is 16.0 Å². The number of halogens is 1. The van der Waals surface area contributed by atoms with E-state index in [0.29, 0.717) is 0 Å². The van der Waals surface area contributed by atoms with Crippen molar-refractivity contribution in [1.29, 1.82) is 0 Å². The first kappa shape index (κ1) is 14.3. The van der Waals surface area contributed by atoms with Crippen LogP contribution in [0.25, 0.3) is 0 Å². The van der Waals surface area contributed by atoms with E-state index in [1.54, 1.807) is 0 Å². The summed E-state index contributed by atoms with van der Waals surface area (Å²) in [6, 6.07) is 0. The summed E-state index contributed by atoms with van der Waals surface area (Å²) in [4.78, 5) is 11.5. The highest BCUT2D eigenvalue weighted by Gasteiger charge is 2.21. The van der Waals surface area contributed by atoms with Crippen molar-refractivity contribution in [2.75, 3.05) is 25.0 Å². The van der Waals surface area contributed by atoms with Gasteiger partial charge in [-0.2, -0.15) is 0 Å². The molecule has 0 atom stereocenters. The topological polar surface area (TPSA) is 41.1 Å². The maximum atomic E-state index is 4.62. The molecule has 1 aliphatic carbocycles. The third-order valence-electron chi connectivity index (χ3n) is 4.59. The van der Waals surface area contributed by atoms with Crippen molar-refractivity contribution in [2.45, 2.75) is 45.1 Å². The summed E-state index contributed by atoms with van der Waals surface area (Å²) in [5, 5.41) is 3.43. The Morgan fingerprint density at radius 1 is 1.30 bits per heavy atom. The van der Waals surface area contributed by atoms with E-state index in [9.17, 15) is 0 Å². The van der Waals surface area contributed by atoms with Crippen LogP contribution in [0.2, 0.25) is 0 Å². The fraction of sp³-hybridized carbons (Fsp3) is 0.733. The zero-order valence-corrected chi connectivity index (χ0v) is 13.7. The van der Waals surface area contributed by atoms with Crippen LogP contribution in [0.4, 0.5) is 5.82 Å². The lowest BCUT2D eigenvalue weighted by molar-refractivity contribution is 0.503. The summed E-state index contributed by atoms with van der Waals surface area (Å²) in [6.45, 7) is 3.01. The molecular weight excluding hydrogens is 316 g/mol. The van der Waals surface area contributed by atoms with Gasteiger partial charge in [-0.25, -0.2) is 9.97 Å². The zero-order valence-electron chi connectivity index (χ0n) is 12.2. The van der Waals surface area contributed by atoms with Crippen molar-refractivity contribution < 1.29 is 0 Å². The molecule has 0 unspecified atom stereocenters. The van der Waals surface area contributed by atoms with E-state index in [2.05, 4.69) is 43.2 Å². The van der Waals surface area contributed by atoms with Gasteiger partial charge < -0.3 is 10.2 Å². The van der Waals surface area contributed by atoms with Gasteiger partial charge >= 0.3 is 0 Å². The van der Waals surface area contributed by atoms with Crippen molar-refractivity contribution in [3.8, 4) is 0 Å². The molecule has 0 radical (unpaired) electrons. The molecule has 2 heterocycles. The van der Waals surface area contributed by atoms with E-state index < -0.39 is 0 Å². The van der Waals surface area contributed by atoms with Crippen LogP contribution < -0.4 is 10.2 Å². The van der Waals surface area contributed by atoms with Crippen molar-refractivity contribution in [2.24, 2.45) is 5.92 Å². The van der Waals surface area contributed by atoms with E-state index in [1.165, 1.54) is 43.4 Å². The number of hydrogen-bond donors (Lipinski definition) is 1. The van der Waals surface area contributed by atoms with Crippen LogP contribution >= 0.6 is 15.9 Å². The van der Waals surface area contributed by atoms with Crippen LogP contribution in [0.1, 0.15) is 43.4 Å². The quantitative estimate of drug-likeness (QED) is 0.857. The highest BCUT2D eigenvalue weighted by molar-refractivity contribution is 9.10. The first-order valence-electron chi connectivity index (χ1n) is 7.71. The summed E-state index contributed by atoms with van der Waals surface area (Å²) in [7, 11) is 2.17. The maximum absolute atomic E-state index is 4.62. The van der Waals surface area contributed by atoms with Gasteiger partial charge in [0.2, 0.25) is 0 Å². The van der Waals surface area contributed by atoms with Crippen LogP contribution in [0, 0.1) is 5.92 Å². The predicted molar refractivity (Wildman–Crippen MR) is 85.0 cm³/mol. The standard InChI is InChI=1S/C15H23BrN4/c1-20(9-7-11-4-2-3-5-11)14-12-10-17-8-6-13(12)18-15(16)19-14/h11,17H,2-10H2,1H3. The highest BCUT2D eigenvalue weighted by atomic mass is 79.9. The van der Waals surface area contributed by atoms with Crippen LogP contribution in [0.15, 0.2) is 4.73 Å². The van der Waals surface area contributed by atoms with Gasteiger partial charge in [0, 0.05) is 38.7 Å². The zero-order chi connectivity index (χ0) is 13.9. The Hall–Kier alpha value is -0.680. The van der Waals surface area contributed by atoms with Gasteiger partial charge in [-0.05, 0) is 28.3 Å². The number of fused-ring (bicyclic) bond motifs is 1. The molecule has 0 saturated heterocycles. The molecule has 2 aliphatic rings. The fourth-order valence-electron chi connectivity index (χ4n) is 3.39. The largest absolute Gasteiger partial charge is 0.359 e. The van der Waals surface area contributed by atoms with Gasteiger partial charge in [-0.3, -0.25) is 0 Å². The van der Waals surface area contributed by atoms with Gasteiger partial charge in [0.25, 0.3) is 0 Å². The lowest BCUT2D eigenvalue weighted by Gasteiger charge is -2.26. The average Bonchev–Trinajstić information content (AvgIpc) is 2.97. The summed E-state index contributed by atoms with van der Waals surface area (Å²) < 4.78 is 0.723. The molecule has 20 heavy (non-hydrogen) atoms. The number of anilines is 1. The molecule has 4 nitrogen and oxygen atoms in total. The molecule has 110 valence electrons. The third-order valence-corrected chi connectivity index (χ3v) is 4.95. The number of nitrogens with zero attached hydrogens (tertiary/aromatic N) is 3. The molecule has 0 amide bonds. The normalized spacial score (nSPS) is 19.1. The molecule has 3 rings (SSSR count). The summed E-state index contributed by atoms with van der Waals surface area (Å²) in [5.74, 6) is 2.03. The van der Waals surface area contributed by atoms with E-state index in [-0.39, 0.29) is 0 Å². The van der Waals surface area contributed by atoms with Crippen LogP contribution in [0.5, 0.6) is 0 Å². The van der Waals surface area contributed by atoms with Gasteiger partial charge in [-0.15, -0.1) is 0 Å². The Labute approximate surface area is 129 Å². The third kappa shape index (κ3) is 3.14. The Kier molecular flexibility index (Phi) is 4.56. The molecule has 0 aromatic carbocycles. The van der Waals surface area contributed by atoms with Crippen LogP contribution in [-0.4, -0.2) is 30.1 Å². The SMILES string of the molecule is CN(CCC1CCCC1)c1nc(Br)nc2c1CNCC2. The molecule has 1 N–H and O–H groups in total. The van der Waals surface area contributed by atoms with Gasteiger partial charge in [0.15, 0.2) is 4.73 Å². The van der Waals surface area contributed by atoms with Crippen LogP contribution in [0.3, 0.4) is 0 Å². The Morgan fingerprint density at radius 2 is 2.10 bits per heavy atom. The minimum atomic E-state index is 0.723.